The van der Waals surface area contributed by atoms with Crippen molar-refractivity contribution >= 4 is 5.91 Å². The molecule has 6 nitrogen and oxygen atoms in total. The van der Waals surface area contributed by atoms with E-state index in [4.69, 9.17) is 9.47 Å². The van der Waals surface area contributed by atoms with Gasteiger partial charge >= 0.3 is 6.01 Å². The first-order chi connectivity index (χ1) is 13.8. The molecule has 1 aliphatic rings. The highest BCUT2D eigenvalue weighted by Gasteiger charge is 2.17. The summed E-state index contributed by atoms with van der Waals surface area (Å²) in [4.78, 5) is 21.0. The van der Waals surface area contributed by atoms with Crippen molar-refractivity contribution in [2.45, 2.75) is 18.9 Å². The topological polar surface area (TPSA) is 73.3 Å². The van der Waals surface area contributed by atoms with Crippen molar-refractivity contribution in [2.75, 3.05) is 13.2 Å². The van der Waals surface area contributed by atoms with E-state index in [0.717, 1.165) is 30.6 Å². The first kappa shape index (κ1) is 18.1. The van der Waals surface area contributed by atoms with Crippen LogP contribution in [0, 0.1) is 0 Å². The second-order valence-electron chi connectivity index (χ2n) is 6.60. The molecule has 0 aliphatic carbocycles. The number of amides is 1. The van der Waals surface area contributed by atoms with E-state index in [1.165, 1.54) is 0 Å². The molecular formula is C22H21N3O3. The number of ether oxygens (including phenoxy) is 2. The number of nitrogens with zero attached hydrogens (tertiary/aromatic N) is 2. The maximum Gasteiger partial charge on any atom is 0.321 e. The van der Waals surface area contributed by atoms with Crippen LogP contribution in [0.1, 0.15) is 23.2 Å². The van der Waals surface area contributed by atoms with Gasteiger partial charge in [-0.2, -0.15) is 0 Å². The van der Waals surface area contributed by atoms with Crippen LogP contribution < -0.4 is 10.1 Å². The smallest absolute Gasteiger partial charge is 0.321 e. The molecule has 28 heavy (non-hydrogen) atoms. The highest BCUT2D eigenvalue weighted by Crippen LogP contribution is 2.22. The summed E-state index contributed by atoms with van der Waals surface area (Å²) < 4.78 is 11.2. The van der Waals surface area contributed by atoms with E-state index in [1.54, 1.807) is 18.5 Å². The molecule has 1 fully saturated rings. The third kappa shape index (κ3) is 4.53. The van der Waals surface area contributed by atoms with E-state index < -0.39 is 0 Å². The van der Waals surface area contributed by atoms with Gasteiger partial charge in [0.15, 0.2) is 0 Å². The molecule has 0 saturated carbocycles. The van der Waals surface area contributed by atoms with Gasteiger partial charge in [-0.1, -0.05) is 30.3 Å². The first-order valence-electron chi connectivity index (χ1n) is 9.33. The van der Waals surface area contributed by atoms with Gasteiger partial charge in [-0.05, 0) is 42.7 Å². The van der Waals surface area contributed by atoms with Crippen LogP contribution in [0.5, 0.6) is 11.8 Å². The van der Waals surface area contributed by atoms with E-state index >= 15 is 0 Å². The Hall–Kier alpha value is -3.25. The number of carbonyl (C=O) groups is 1. The number of carbonyl (C=O) groups excluding carboxylic acids is 1. The number of hydrogen-bond acceptors (Lipinski definition) is 5. The van der Waals surface area contributed by atoms with Crippen LogP contribution >= 0.6 is 0 Å². The average Bonchev–Trinajstić information content (AvgIpc) is 3.27. The predicted octanol–water partition coefficient (Wildman–Crippen LogP) is 3.84. The fraction of sp³-hybridized carbons (Fsp3) is 0.227. The van der Waals surface area contributed by atoms with Crippen LogP contribution in [0.2, 0.25) is 0 Å². The van der Waals surface area contributed by atoms with E-state index in [1.807, 2.05) is 48.5 Å². The summed E-state index contributed by atoms with van der Waals surface area (Å²) >= 11 is 0. The quantitative estimate of drug-likeness (QED) is 0.708. The van der Waals surface area contributed by atoms with Crippen LogP contribution in [-0.2, 0) is 4.74 Å². The highest BCUT2D eigenvalue weighted by atomic mass is 16.5. The Morgan fingerprint density at radius 1 is 1.07 bits per heavy atom. The Balaban J connectivity index is 1.42. The van der Waals surface area contributed by atoms with Gasteiger partial charge in [0.25, 0.3) is 5.91 Å². The molecule has 1 amide bonds. The largest absolute Gasteiger partial charge is 0.424 e. The Morgan fingerprint density at radius 2 is 1.89 bits per heavy atom. The lowest BCUT2D eigenvalue weighted by Gasteiger charge is -2.11. The lowest BCUT2D eigenvalue weighted by molar-refractivity contribution is 0.0858. The Bertz CT molecular complexity index is 923. The van der Waals surface area contributed by atoms with E-state index in [-0.39, 0.29) is 18.0 Å². The number of aromatic nitrogens is 2. The average molecular weight is 375 g/mol. The molecule has 6 heteroatoms. The van der Waals surface area contributed by atoms with Crippen molar-refractivity contribution in [1.82, 2.24) is 15.3 Å². The van der Waals surface area contributed by atoms with Crippen LogP contribution in [-0.4, -0.2) is 35.1 Å². The molecule has 142 valence electrons. The molecule has 1 unspecified atom stereocenters. The molecule has 2 heterocycles. The zero-order valence-electron chi connectivity index (χ0n) is 15.4. The third-order valence-corrected chi connectivity index (χ3v) is 4.55. The van der Waals surface area contributed by atoms with Gasteiger partial charge in [-0.25, -0.2) is 9.97 Å². The Morgan fingerprint density at radius 3 is 2.64 bits per heavy atom. The molecule has 1 aromatic heterocycles. The van der Waals surface area contributed by atoms with Crippen molar-refractivity contribution in [2.24, 2.45) is 0 Å². The molecule has 2 aromatic carbocycles. The van der Waals surface area contributed by atoms with Crippen molar-refractivity contribution in [3.8, 4) is 22.9 Å². The summed E-state index contributed by atoms with van der Waals surface area (Å²) in [5.74, 6) is 0.572. The number of para-hydroxylation sites is 1. The fourth-order valence-electron chi connectivity index (χ4n) is 3.07. The zero-order valence-corrected chi connectivity index (χ0v) is 15.4. The van der Waals surface area contributed by atoms with E-state index in [0.29, 0.717) is 17.9 Å². The molecule has 3 aromatic rings. The minimum absolute atomic E-state index is 0.109. The van der Waals surface area contributed by atoms with Gasteiger partial charge in [-0.3, -0.25) is 4.79 Å². The number of nitrogens with one attached hydrogen (secondary N) is 1. The Kier molecular flexibility index (Phi) is 5.58. The molecule has 1 aliphatic heterocycles. The monoisotopic (exact) mass is 375 g/mol. The lowest BCUT2D eigenvalue weighted by Crippen LogP contribution is -2.31. The van der Waals surface area contributed by atoms with Gasteiger partial charge < -0.3 is 14.8 Å². The second kappa shape index (κ2) is 8.63. The third-order valence-electron chi connectivity index (χ3n) is 4.55. The molecule has 1 atom stereocenters. The van der Waals surface area contributed by atoms with Gasteiger partial charge in [0.05, 0.1) is 6.10 Å². The van der Waals surface area contributed by atoms with Gasteiger partial charge in [-0.15, -0.1) is 0 Å². The zero-order chi connectivity index (χ0) is 19.2. The van der Waals surface area contributed by atoms with E-state index in [9.17, 15) is 4.79 Å². The molecule has 1 N–H and O–H groups in total. The first-order valence-corrected chi connectivity index (χ1v) is 9.33. The van der Waals surface area contributed by atoms with Crippen molar-refractivity contribution in [3.05, 3.63) is 72.6 Å². The predicted molar refractivity (Wildman–Crippen MR) is 105 cm³/mol. The lowest BCUT2D eigenvalue weighted by atomic mass is 10.1. The highest BCUT2D eigenvalue weighted by molar-refractivity contribution is 5.95. The maximum atomic E-state index is 12.4. The molecule has 4 rings (SSSR count). The van der Waals surface area contributed by atoms with E-state index in [2.05, 4.69) is 15.3 Å². The minimum atomic E-state index is -0.109. The number of hydrogen-bond donors (Lipinski definition) is 1. The molecule has 0 radical (unpaired) electrons. The molecule has 0 spiro atoms. The van der Waals surface area contributed by atoms with Gasteiger partial charge in [0, 0.05) is 36.7 Å². The Labute approximate surface area is 163 Å². The summed E-state index contributed by atoms with van der Waals surface area (Å²) in [5.41, 5.74) is 2.28. The number of rotatable bonds is 6. The van der Waals surface area contributed by atoms with Gasteiger partial charge in [0.1, 0.15) is 5.75 Å². The second-order valence-corrected chi connectivity index (χ2v) is 6.60. The summed E-state index contributed by atoms with van der Waals surface area (Å²) in [6, 6.07) is 17.1. The summed E-state index contributed by atoms with van der Waals surface area (Å²) in [6.45, 7) is 1.32. The normalized spacial score (nSPS) is 15.9. The van der Waals surface area contributed by atoms with Crippen molar-refractivity contribution in [3.63, 3.8) is 0 Å². The molecular weight excluding hydrogens is 354 g/mol. The minimum Gasteiger partial charge on any atom is -0.424 e. The SMILES string of the molecule is O=C(NCC1CCCO1)c1cccc(-c2cnc(Oc3ccccc3)nc2)c1. The van der Waals surface area contributed by atoms with Crippen LogP contribution in [0.3, 0.4) is 0 Å². The summed E-state index contributed by atoms with van der Waals surface area (Å²) in [6.07, 6.45) is 5.55. The standard InChI is InChI=1S/C22H21N3O3/c26-21(23-15-20-10-5-11-27-20)17-7-4-6-16(12-17)18-13-24-22(25-14-18)28-19-8-2-1-3-9-19/h1-4,6-9,12-14,20H,5,10-11,15H2,(H,23,26). The van der Waals surface area contributed by atoms with Crippen LogP contribution in [0.15, 0.2) is 67.0 Å². The van der Waals surface area contributed by atoms with Crippen LogP contribution in [0.25, 0.3) is 11.1 Å². The fourth-order valence-corrected chi connectivity index (χ4v) is 3.07. The molecule has 1 saturated heterocycles. The maximum absolute atomic E-state index is 12.4. The van der Waals surface area contributed by atoms with Crippen molar-refractivity contribution < 1.29 is 14.3 Å². The number of benzene rings is 2. The summed E-state index contributed by atoms with van der Waals surface area (Å²) in [7, 11) is 0. The van der Waals surface area contributed by atoms with Gasteiger partial charge in [0.2, 0.25) is 0 Å². The van der Waals surface area contributed by atoms with Crippen molar-refractivity contribution in [1.29, 1.82) is 0 Å². The van der Waals surface area contributed by atoms with Crippen LogP contribution in [0.4, 0.5) is 0 Å². The molecule has 0 bridgehead atoms. The summed E-state index contributed by atoms with van der Waals surface area (Å²) in [5, 5.41) is 2.94.